The topological polar surface area (TPSA) is 92.6 Å². The van der Waals surface area contributed by atoms with Crippen molar-refractivity contribution in [3.05, 3.63) is 73.8 Å². The maximum Gasteiger partial charge on any atom is 0.269 e. The van der Waals surface area contributed by atoms with Gasteiger partial charge in [-0.1, -0.05) is 55.2 Å². The number of rotatable bonds is 12. The molecule has 34 heavy (non-hydrogen) atoms. The van der Waals surface area contributed by atoms with Crippen LogP contribution in [-0.4, -0.2) is 39.5 Å². The smallest absolute Gasteiger partial charge is 0.269 e. The van der Waals surface area contributed by atoms with E-state index >= 15 is 0 Å². The molecule has 2 aromatic rings. The number of amides is 2. The molecule has 0 saturated carbocycles. The highest BCUT2D eigenvalue weighted by atomic mass is 35.5. The van der Waals surface area contributed by atoms with Crippen molar-refractivity contribution in [3.63, 3.8) is 0 Å². The van der Waals surface area contributed by atoms with Gasteiger partial charge in [0.2, 0.25) is 11.8 Å². The van der Waals surface area contributed by atoms with Crippen LogP contribution in [0.15, 0.2) is 42.5 Å². The van der Waals surface area contributed by atoms with Crippen LogP contribution in [0.1, 0.15) is 44.7 Å². The van der Waals surface area contributed by atoms with E-state index in [1.165, 1.54) is 23.9 Å². The standard InChI is InChI=1S/C24H29Cl2N3O4S/c1-4-16(3)27-24(31)22(5-2)28(13-18-8-11-20(25)21(26)12-18)23(30)15-34-14-17-6-9-19(10-7-17)29(32)33/h6-12,16,22H,4-5,13-15H2,1-3H3,(H,27,31)/t16-,22+/m0/s1. The molecule has 0 saturated heterocycles. The third-order valence-electron chi connectivity index (χ3n) is 5.37. The molecule has 2 amide bonds. The summed E-state index contributed by atoms with van der Waals surface area (Å²) in [5, 5.41) is 14.6. The van der Waals surface area contributed by atoms with Gasteiger partial charge in [-0.25, -0.2) is 0 Å². The minimum absolute atomic E-state index is 0.00000860. The summed E-state index contributed by atoms with van der Waals surface area (Å²) in [7, 11) is 0. The molecule has 1 N–H and O–H groups in total. The Hall–Kier alpha value is -2.29. The van der Waals surface area contributed by atoms with Gasteiger partial charge in [-0.3, -0.25) is 19.7 Å². The van der Waals surface area contributed by atoms with Gasteiger partial charge >= 0.3 is 0 Å². The number of benzene rings is 2. The summed E-state index contributed by atoms with van der Waals surface area (Å²) in [6, 6.07) is 10.8. The van der Waals surface area contributed by atoms with Crippen molar-refractivity contribution in [2.75, 3.05) is 5.75 Å². The number of non-ortho nitro benzene ring substituents is 1. The highest BCUT2D eigenvalue weighted by molar-refractivity contribution is 7.99. The van der Waals surface area contributed by atoms with Crippen molar-refractivity contribution in [1.82, 2.24) is 10.2 Å². The largest absolute Gasteiger partial charge is 0.352 e. The Morgan fingerprint density at radius 3 is 2.26 bits per heavy atom. The second kappa shape index (κ2) is 13.6. The first kappa shape index (κ1) is 28.0. The Balaban J connectivity index is 2.15. The number of nitro groups is 1. The molecule has 0 spiro atoms. The third kappa shape index (κ3) is 8.18. The predicted molar refractivity (Wildman–Crippen MR) is 138 cm³/mol. The van der Waals surface area contributed by atoms with Crippen molar-refractivity contribution < 1.29 is 14.5 Å². The molecule has 0 aliphatic rings. The maximum absolute atomic E-state index is 13.3. The molecule has 0 bridgehead atoms. The minimum atomic E-state index is -0.629. The Morgan fingerprint density at radius 2 is 1.71 bits per heavy atom. The molecule has 0 aliphatic carbocycles. The number of hydrogen-bond acceptors (Lipinski definition) is 5. The molecule has 2 aromatic carbocycles. The molecular weight excluding hydrogens is 497 g/mol. The van der Waals surface area contributed by atoms with Gasteiger partial charge in [-0.05, 0) is 43.0 Å². The van der Waals surface area contributed by atoms with E-state index in [0.717, 1.165) is 17.5 Å². The summed E-state index contributed by atoms with van der Waals surface area (Å²) >= 11 is 13.6. The van der Waals surface area contributed by atoms with Crippen LogP contribution in [0.4, 0.5) is 5.69 Å². The first-order valence-electron chi connectivity index (χ1n) is 11.0. The van der Waals surface area contributed by atoms with Crippen LogP contribution in [0.5, 0.6) is 0 Å². The fraction of sp³-hybridized carbons (Fsp3) is 0.417. The minimum Gasteiger partial charge on any atom is -0.352 e. The van der Waals surface area contributed by atoms with Crippen molar-refractivity contribution in [2.45, 2.75) is 58.0 Å². The van der Waals surface area contributed by atoms with E-state index in [1.807, 2.05) is 20.8 Å². The zero-order chi connectivity index (χ0) is 25.3. The zero-order valence-electron chi connectivity index (χ0n) is 19.4. The van der Waals surface area contributed by atoms with Gasteiger partial charge in [-0.2, -0.15) is 0 Å². The van der Waals surface area contributed by atoms with Gasteiger partial charge in [-0.15, -0.1) is 11.8 Å². The monoisotopic (exact) mass is 525 g/mol. The third-order valence-corrected chi connectivity index (χ3v) is 7.09. The van der Waals surface area contributed by atoms with Crippen molar-refractivity contribution in [3.8, 4) is 0 Å². The number of thioether (sulfide) groups is 1. The van der Waals surface area contributed by atoms with Gasteiger partial charge in [0.1, 0.15) is 6.04 Å². The fourth-order valence-electron chi connectivity index (χ4n) is 3.25. The van der Waals surface area contributed by atoms with Gasteiger partial charge in [0.25, 0.3) is 5.69 Å². The Morgan fingerprint density at radius 1 is 1.06 bits per heavy atom. The number of carbonyl (C=O) groups is 2. The number of nitrogens with zero attached hydrogens (tertiary/aromatic N) is 2. The van der Waals surface area contributed by atoms with Crippen LogP contribution < -0.4 is 5.32 Å². The molecule has 0 radical (unpaired) electrons. The molecule has 10 heteroatoms. The molecule has 2 atom stereocenters. The maximum atomic E-state index is 13.3. The normalized spacial score (nSPS) is 12.6. The lowest BCUT2D eigenvalue weighted by Gasteiger charge is -2.31. The number of nitro benzene ring substituents is 1. The molecule has 0 aromatic heterocycles. The average Bonchev–Trinajstić information content (AvgIpc) is 2.81. The molecule has 0 aliphatic heterocycles. The van der Waals surface area contributed by atoms with Crippen molar-refractivity contribution in [1.29, 1.82) is 0 Å². The molecule has 0 heterocycles. The average molecular weight is 526 g/mol. The molecule has 0 fully saturated rings. The number of halogens is 2. The summed E-state index contributed by atoms with van der Waals surface area (Å²) in [5.41, 5.74) is 1.68. The fourth-order valence-corrected chi connectivity index (χ4v) is 4.44. The van der Waals surface area contributed by atoms with Crippen LogP contribution in [0, 0.1) is 10.1 Å². The quantitative estimate of drug-likeness (QED) is 0.276. The van der Waals surface area contributed by atoms with E-state index in [2.05, 4.69) is 5.32 Å². The summed E-state index contributed by atoms with van der Waals surface area (Å²) in [4.78, 5) is 38.2. The van der Waals surface area contributed by atoms with E-state index in [0.29, 0.717) is 22.2 Å². The van der Waals surface area contributed by atoms with Gasteiger partial charge < -0.3 is 10.2 Å². The van der Waals surface area contributed by atoms with Crippen LogP contribution in [0.3, 0.4) is 0 Å². The lowest BCUT2D eigenvalue weighted by atomic mass is 10.1. The Labute approximate surface area is 214 Å². The molecule has 0 unspecified atom stereocenters. The van der Waals surface area contributed by atoms with Gasteiger partial charge in [0, 0.05) is 30.5 Å². The molecule has 2 rings (SSSR count). The lowest BCUT2D eigenvalue weighted by Crippen LogP contribution is -2.51. The summed E-state index contributed by atoms with van der Waals surface area (Å²) in [6.45, 7) is 6.01. The van der Waals surface area contributed by atoms with E-state index < -0.39 is 11.0 Å². The molecule has 7 nitrogen and oxygen atoms in total. The van der Waals surface area contributed by atoms with Crippen molar-refractivity contribution in [2.24, 2.45) is 0 Å². The van der Waals surface area contributed by atoms with Crippen LogP contribution in [0.25, 0.3) is 0 Å². The van der Waals surface area contributed by atoms with E-state index in [1.54, 1.807) is 35.2 Å². The summed E-state index contributed by atoms with van der Waals surface area (Å²) in [6.07, 6.45) is 1.25. The number of carbonyl (C=O) groups excluding carboxylic acids is 2. The van der Waals surface area contributed by atoms with Crippen LogP contribution >= 0.6 is 35.0 Å². The highest BCUT2D eigenvalue weighted by Crippen LogP contribution is 2.25. The summed E-state index contributed by atoms with van der Waals surface area (Å²) in [5.74, 6) is 0.306. The Kier molecular flexibility index (Phi) is 11.1. The highest BCUT2D eigenvalue weighted by Gasteiger charge is 2.29. The summed E-state index contributed by atoms with van der Waals surface area (Å²) < 4.78 is 0. The zero-order valence-corrected chi connectivity index (χ0v) is 21.8. The van der Waals surface area contributed by atoms with Crippen molar-refractivity contribution >= 4 is 52.5 Å². The van der Waals surface area contributed by atoms with E-state index in [-0.39, 0.29) is 35.8 Å². The SMILES string of the molecule is CC[C@H](C(=O)N[C@@H](C)CC)N(Cc1ccc(Cl)c(Cl)c1)C(=O)CSCc1ccc([N+](=O)[O-])cc1. The van der Waals surface area contributed by atoms with Gasteiger partial charge in [0.15, 0.2) is 0 Å². The van der Waals surface area contributed by atoms with Crippen LogP contribution in [0.2, 0.25) is 10.0 Å². The number of nitrogens with one attached hydrogen (secondary N) is 1. The Bertz CT molecular complexity index is 1000. The second-order valence-corrected chi connectivity index (χ2v) is 9.73. The van der Waals surface area contributed by atoms with Gasteiger partial charge in [0.05, 0.1) is 20.7 Å². The predicted octanol–water partition coefficient (Wildman–Crippen LogP) is 5.86. The number of hydrogen-bond donors (Lipinski definition) is 1. The molecule has 184 valence electrons. The van der Waals surface area contributed by atoms with Crippen LogP contribution in [-0.2, 0) is 21.9 Å². The first-order valence-corrected chi connectivity index (χ1v) is 12.9. The van der Waals surface area contributed by atoms with E-state index in [9.17, 15) is 19.7 Å². The second-order valence-electron chi connectivity index (χ2n) is 7.93. The lowest BCUT2D eigenvalue weighted by molar-refractivity contribution is -0.384. The molecular formula is C24H29Cl2N3O4S. The first-order chi connectivity index (χ1) is 16.2. The van der Waals surface area contributed by atoms with E-state index in [4.69, 9.17) is 23.2 Å².